The van der Waals surface area contributed by atoms with Gasteiger partial charge in [0.05, 0.1) is 10.6 Å². The summed E-state index contributed by atoms with van der Waals surface area (Å²) in [7, 11) is -3.73. The molecule has 3 rings (SSSR count). The van der Waals surface area contributed by atoms with E-state index in [0.717, 1.165) is 0 Å². The molecule has 0 aliphatic rings. The number of rotatable bonds is 4. The van der Waals surface area contributed by atoms with Crippen molar-refractivity contribution in [2.45, 2.75) is 11.8 Å². The monoisotopic (exact) mass is 341 g/mol. The van der Waals surface area contributed by atoms with Gasteiger partial charge in [0.25, 0.3) is 15.6 Å². The fourth-order valence-electron chi connectivity index (χ4n) is 2.27. The van der Waals surface area contributed by atoms with Gasteiger partial charge in [-0.25, -0.2) is 13.5 Å². The summed E-state index contributed by atoms with van der Waals surface area (Å²) in [6.07, 6.45) is 0. The first kappa shape index (κ1) is 15.9. The Balaban J connectivity index is 2.02. The number of aryl methyl sites for hydroxylation is 1. The molecule has 0 aliphatic heterocycles. The van der Waals surface area contributed by atoms with E-state index in [1.54, 1.807) is 55.5 Å². The first-order valence-corrected chi connectivity index (χ1v) is 8.69. The van der Waals surface area contributed by atoms with Crippen molar-refractivity contribution in [1.82, 2.24) is 10.2 Å². The number of aromatic amines is 1. The molecule has 0 unspecified atom stereocenters. The normalized spacial score (nSPS) is 11.2. The Bertz CT molecular complexity index is 1010. The SMILES string of the molecule is Cc1ccc(-c2ccc(=O)[nH]n2)cc1S(=O)(=O)Nc1ccccc1. The molecule has 0 atom stereocenters. The average molecular weight is 341 g/mol. The van der Waals surface area contributed by atoms with Crippen molar-refractivity contribution in [3.8, 4) is 11.3 Å². The molecule has 6 nitrogen and oxygen atoms in total. The molecule has 0 saturated heterocycles. The summed E-state index contributed by atoms with van der Waals surface area (Å²) < 4.78 is 27.9. The lowest BCUT2D eigenvalue weighted by molar-refractivity contribution is 0.600. The van der Waals surface area contributed by atoms with E-state index in [1.807, 2.05) is 6.07 Å². The molecule has 7 heteroatoms. The molecule has 122 valence electrons. The largest absolute Gasteiger partial charge is 0.280 e. The Morgan fingerprint density at radius 3 is 2.42 bits per heavy atom. The highest BCUT2D eigenvalue weighted by Gasteiger charge is 2.18. The van der Waals surface area contributed by atoms with Crippen molar-refractivity contribution in [2.75, 3.05) is 4.72 Å². The number of nitrogens with zero attached hydrogens (tertiary/aromatic N) is 1. The van der Waals surface area contributed by atoms with Gasteiger partial charge < -0.3 is 0 Å². The number of hydrogen-bond donors (Lipinski definition) is 2. The zero-order chi connectivity index (χ0) is 17.2. The quantitative estimate of drug-likeness (QED) is 0.763. The van der Waals surface area contributed by atoms with E-state index < -0.39 is 10.0 Å². The number of para-hydroxylation sites is 1. The molecule has 0 spiro atoms. The standard InChI is InChI=1S/C17H15N3O3S/c1-12-7-8-13(15-9-10-17(21)19-18-15)11-16(12)24(22,23)20-14-5-3-2-4-6-14/h2-11,20H,1H3,(H,19,21). The van der Waals surface area contributed by atoms with E-state index >= 15 is 0 Å². The molecule has 0 aliphatic carbocycles. The molecule has 0 fully saturated rings. The third-order valence-corrected chi connectivity index (χ3v) is 5.00. The first-order valence-electron chi connectivity index (χ1n) is 7.20. The first-order chi connectivity index (χ1) is 11.5. The van der Waals surface area contributed by atoms with Crippen molar-refractivity contribution < 1.29 is 8.42 Å². The fourth-order valence-corrected chi connectivity index (χ4v) is 3.60. The van der Waals surface area contributed by atoms with Crippen LogP contribution in [0.2, 0.25) is 0 Å². The van der Waals surface area contributed by atoms with Gasteiger partial charge in [-0.15, -0.1) is 0 Å². The van der Waals surface area contributed by atoms with Crippen LogP contribution in [-0.4, -0.2) is 18.6 Å². The minimum atomic E-state index is -3.73. The minimum absolute atomic E-state index is 0.164. The molecule has 2 aromatic carbocycles. The topological polar surface area (TPSA) is 91.9 Å². The third kappa shape index (κ3) is 3.36. The highest BCUT2D eigenvalue weighted by molar-refractivity contribution is 7.92. The Kier molecular flexibility index (Phi) is 4.18. The second kappa shape index (κ2) is 6.29. The van der Waals surface area contributed by atoms with Crippen molar-refractivity contribution in [3.05, 3.63) is 76.6 Å². The summed E-state index contributed by atoms with van der Waals surface area (Å²) in [6, 6.07) is 16.6. The summed E-state index contributed by atoms with van der Waals surface area (Å²) in [5, 5.41) is 6.27. The molecular weight excluding hydrogens is 326 g/mol. The number of hydrogen-bond acceptors (Lipinski definition) is 4. The van der Waals surface area contributed by atoms with Crippen LogP contribution in [0.15, 0.2) is 70.4 Å². The molecule has 1 aromatic heterocycles. The summed E-state index contributed by atoms with van der Waals surface area (Å²) in [4.78, 5) is 11.3. The van der Waals surface area contributed by atoms with E-state index in [1.165, 1.54) is 6.07 Å². The lowest BCUT2D eigenvalue weighted by Crippen LogP contribution is -2.14. The highest BCUT2D eigenvalue weighted by atomic mass is 32.2. The van der Waals surface area contributed by atoms with Gasteiger partial charge in [-0.2, -0.15) is 5.10 Å². The van der Waals surface area contributed by atoms with Crippen LogP contribution in [-0.2, 0) is 10.0 Å². The minimum Gasteiger partial charge on any atom is -0.280 e. The number of benzene rings is 2. The van der Waals surface area contributed by atoms with E-state index in [0.29, 0.717) is 22.5 Å². The number of H-pyrrole nitrogens is 1. The summed E-state index contributed by atoms with van der Waals surface area (Å²) in [5.41, 5.74) is 1.89. The Morgan fingerprint density at radius 2 is 1.75 bits per heavy atom. The Hall–Kier alpha value is -2.93. The van der Waals surface area contributed by atoms with Crippen molar-refractivity contribution in [1.29, 1.82) is 0 Å². The smallest absolute Gasteiger partial charge is 0.264 e. The van der Waals surface area contributed by atoms with Crippen LogP contribution in [0, 0.1) is 6.92 Å². The number of nitrogens with one attached hydrogen (secondary N) is 2. The Morgan fingerprint density at radius 1 is 1.00 bits per heavy atom. The molecule has 0 bridgehead atoms. The van der Waals surface area contributed by atoms with Gasteiger partial charge in [-0.3, -0.25) is 9.52 Å². The summed E-state index contributed by atoms with van der Waals surface area (Å²) in [5.74, 6) is 0. The van der Waals surface area contributed by atoms with Crippen LogP contribution in [0.1, 0.15) is 5.56 Å². The van der Waals surface area contributed by atoms with Crippen LogP contribution < -0.4 is 10.3 Å². The second-order valence-corrected chi connectivity index (χ2v) is 6.91. The predicted molar refractivity (Wildman–Crippen MR) is 92.3 cm³/mol. The Labute approximate surface area is 139 Å². The van der Waals surface area contributed by atoms with Crippen molar-refractivity contribution in [2.24, 2.45) is 0 Å². The predicted octanol–water partition coefficient (Wildman–Crippen LogP) is 2.55. The number of aromatic nitrogens is 2. The van der Waals surface area contributed by atoms with Gasteiger partial charge in [0, 0.05) is 17.3 Å². The maximum absolute atomic E-state index is 12.7. The molecule has 0 radical (unpaired) electrons. The highest BCUT2D eigenvalue weighted by Crippen LogP contribution is 2.25. The van der Waals surface area contributed by atoms with Crippen LogP contribution in [0.4, 0.5) is 5.69 Å². The maximum atomic E-state index is 12.7. The summed E-state index contributed by atoms with van der Waals surface area (Å²) in [6.45, 7) is 1.73. The summed E-state index contributed by atoms with van der Waals surface area (Å²) >= 11 is 0. The van der Waals surface area contributed by atoms with E-state index in [9.17, 15) is 13.2 Å². The van der Waals surface area contributed by atoms with E-state index in [-0.39, 0.29) is 10.5 Å². The van der Waals surface area contributed by atoms with Crippen LogP contribution in [0.5, 0.6) is 0 Å². The second-order valence-electron chi connectivity index (χ2n) is 5.26. The van der Waals surface area contributed by atoms with E-state index in [2.05, 4.69) is 14.9 Å². The lowest BCUT2D eigenvalue weighted by Gasteiger charge is -2.12. The lowest BCUT2D eigenvalue weighted by atomic mass is 10.1. The molecule has 0 saturated carbocycles. The molecule has 3 aromatic rings. The van der Waals surface area contributed by atoms with Crippen molar-refractivity contribution in [3.63, 3.8) is 0 Å². The molecule has 24 heavy (non-hydrogen) atoms. The molecule has 0 amide bonds. The van der Waals surface area contributed by atoms with Crippen molar-refractivity contribution >= 4 is 15.7 Å². The fraction of sp³-hybridized carbons (Fsp3) is 0.0588. The van der Waals surface area contributed by atoms with Crippen LogP contribution >= 0.6 is 0 Å². The third-order valence-electron chi connectivity index (χ3n) is 3.48. The van der Waals surface area contributed by atoms with Crippen LogP contribution in [0.3, 0.4) is 0 Å². The molecule has 1 heterocycles. The molecular formula is C17H15N3O3S. The molecule has 2 N–H and O–H groups in total. The zero-order valence-corrected chi connectivity index (χ0v) is 13.7. The van der Waals surface area contributed by atoms with Gasteiger partial charge in [0.15, 0.2) is 0 Å². The maximum Gasteiger partial charge on any atom is 0.264 e. The van der Waals surface area contributed by atoms with Gasteiger partial charge in [0.2, 0.25) is 0 Å². The average Bonchev–Trinajstić information content (AvgIpc) is 2.56. The van der Waals surface area contributed by atoms with E-state index in [4.69, 9.17) is 0 Å². The van der Waals surface area contributed by atoms with Crippen LogP contribution in [0.25, 0.3) is 11.3 Å². The van der Waals surface area contributed by atoms with Gasteiger partial charge in [-0.05, 0) is 36.8 Å². The van der Waals surface area contributed by atoms with Gasteiger partial charge in [-0.1, -0.05) is 30.3 Å². The zero-order valence-electron chi connectivity index (χ0n) is 12.9. The van der Waals surface area contributed by atoms with Gasteiger partial charge in [0.1, 0.15) is 0 Å². The number of sulfonamides is 1. The van der Waals surface area contributed by atoms with Gasteiger partial charge >= 0.3 is 0 Å². The number of anilines is 1.